The van der Waals surface area contributed by atoms with Crippen LogP contribution < -0.4 is 5.32 Å². The number of nitro benzene ring substituents is 1. The van der Waals surface area contributed by atoms with Gasteiger partial charge in [-0.1, -0.05) is 23.7 Å². The molecule has 2 aromatic heterocycles. The standard InChI is InChI=1S/C18H10ClFN4O2S/c19-14-6-5-12(7-15(14)24(25)26)23-17-16-13(8-27-18(16)22-9-21-17)10-1-3-11(20)4-2-10/h1-9H,(H,21,22,23). The minimum atomic E-state index is -0.544. The number of anilines is 2. The molecule has 0 bridgehead atoms. The summed E-state index contributed by atoms with van der Waals surface area (Å²) < 4.78 is 13.2. The number of nitrogens with zero attached hydrogens (tertiary/aromatic N) is 3. The third-order valence-electron chi connectivity index (χ3n) is 3.93. The highest BCUT2D eigenvalue weighted by molar-refractivity contribution is 7.17. The molecule has 27 heavy (non-hydrogen) atoms. The van der Waals surface area contributed by atoms with Crippen LogP contribution in [0.4, 0.5) is 21.6 Å². The van der Waals surface area contributed by atoms with Gasteiger partial charge in [0.2, 0.25) is 0 Å². The molecule has 6 nitrogen and oxygen atoms in total. The average molecular weight is 401 g/mol. The van der Waals surface area contributed by atoms with Gasteiger partial charge < -0.3 is 5.32 Å². The van der Waals surface area contributed by atoms with Gasteiger partial charge in [0.15, 0.2) is 0 Å². The Morgan fingerprint density at radius 3 is 2.67 bits per heavy atom. The number of rotatable bonds is 4. The van der Waals surface area contributed by atoms with Gasteiger partial charge in [0.25, 0.3) is 5.69 Å². The summed E-state index contributed by atoms with van der Waals surface area (Å²) in [6.07, 6.45) is 1.42. The number of fused-ring (bicyclic) bond motifs is 1. The van der Waals surface area contributed by atoms with Gasteiger partial charge in [0, 0.05) is 22.7 Å². The molecule has 0 unspecified atom stereocenters. The summed E-state index contributed by atoms with van der Waals surface area (Å²) in [5.74, 6) is 0.179. The molecule has 0 amide bonds. The molecule has 0 atom stereocenters. The molecule has 134 valence electrons. The fourth-order valence-electron chi connectivity index (χ4n) is 2.68. The molecule has 0 aliphatic heterocycles. The van der Waals surface area contributed by atoms with Gasteiger partial charge in [-0.05, 0) is 29.8 Å². The first-order valence-electron chi connectivity index (χ1n) is 7.72. The van der Waals surface area contributed by atoms with Crippen molar-refractivity contribution in [2.75, 3.05) is 5.32 Å². The lowest BCUT2D eigenvalue weighted by Gasteiger charge is -2.09. The average Bonchev–Trinajstić information content (AvgIpc) is 3.09. The lowest BCUT2D eigenvalue weighted by atomic mass is 10.1. The fourth-order valence-corrected chi connectivity index (χ4v) is 3.78. The van der Waals surface area contributed by atoms with Crippen LogP contribution in [-0.4, -0.2) is 14.9 Å². The van der Waals surface area contributed by atoms with Crippen LogP contribution in [-0.2, 0) is 0 Å². The smallest absolute Gasteiger partial charge is 0.289 e. The molecular weight excluding hydrogens is 391 g/mol. The molecule has 4 aromatic rings. The van der Waals surface area contributed by atoms with Crippen molar-refractivity contribution >= 4 is 50.3 Å². The SMILES string of the molecule is O=[N+]([O-])c1cc(Nc2ncnc3scc(-c4ccc(F)cc4)c23)ccc1Cl. The van der Waals surface area contributed by atoms with Crippen molar-refractivity contribution in [1.82, 2.24) is 9.97 Å². The first-order chi connectivity index (χ1) is 13.0. The molecular formula is C18H10ClFN4O2S. The van der Waals surface area contributed by atoms with Crippen LogP contribution >= 0.6 is 22.9 Å². The highest BCUT2D eigenvalue weighted by Gasteiger charge is 2.16. The van der Waals surface area contributed by atoms with E-state index in [2.05, 4.69) is 15.3 Å². The second kappa shape index (κ2) is 6.90. The van der Waals surface area contributed by atoms with Crippen LogP contribution in [0.2, 0.25) is 5.02 Å². The van der Waals surface area contributed by atoms with E-state index in [4.69, 9.17) is 11.6 Å². The van der Waals surface area contributed by atoms with Gasteiger partial charge in [0.05, 0.1) is 10.3 Å². The second-order valence-corrected chi connectivity index (χ2v) is 6.87. The molecule has 0 saturated heterocycles. The number of nitrogens with one attached hydrogen (secondary N) is 1. The van der Waals surface area contributed by atoms with E-state index in [1.165, 1.54) is 41.9 Å². The van der Waals surface area contributed by atoms with E-state index in [0.717, 1.165) is 21.3 Å². The van der Waals surface area contributed by atoms with Crippen LogP contribution in [0.15, 0.2) is 54.2 Å². The zero-order valence-corrected chi connectivity index (χ0v) is 15.1. The molecule has 2 heterocycles. The summed E-state index contributed by atoms with van der Waals surface area (Å²) in [7, 11) is 0. The zero-order valence-electron chi connectivity index (χ0n) is 13.5. The Hall–Kier alpha value is -3.10. The maximum atomic E-state index is 13.2. The third kappa shape index (κ3) is 3.32. The van der Waals surface area contributed by atoms with Crippen molar-refractivity contribution in [3.05, 3.63) is 75.1 Å². The molecule has 0 saturated carbocycles. The van der Waals surface area contributed by atoms with Crippen molar-refractivity contribution in [2.45, 2.75) is 0 Å². The molecule has 4 rings (SSSR count). The van der Waals surface area contributed by atoms with Gasteiger partial charge in [-0.2, -0.15) is 0 Å². The van der Waals surface area contributed by atoms with E-state index >= 15 is 0 Å². The zero-order chi connectivity index (χ0) is 19.0. The molecule has 0 radical (unpaired) electrons. The molecule has 0 fully saturated rings. The van der Waals surface area contributed by atoms with E-state index in [9.17, 15) is 14.5 Å². The minimum absolute atomic E-state index is 0.0564. The lowest BCUT2D eigenvalue weighted by Crippen LogP contribution is -1.97. The van der Waals surface area contributed by atoms with Gasteiger partial charge in [-0.25, -0.2) is 14.4 Å². The Bertz CT molecular complexity index is 1160. The summed E-state index contributed by atoms with van der Waals surface area (Å²) >= 11 is 7.30. The first kappa shape index (κ1) is 17.3. The van der Waals surface area contributed by atoms with Crippen molar-refractivity contribution < 1.29 is 9.31 Å². The Labute approximate surface area is 161 Å². The molecule has 0 aliphatic carbocycles. The van der Waals surface area contributed by atoms with E-state index in [-0.39, 0.29) is 16.5 Å². The third-order valence-corrected chi connectivity index (χ3v) is 5.14. The number of halogens is 2. The summed E-state index contributed by atoms with van der Waals surface area (Å²) in [4.78, 5) is 19.9. The first-order valence-corrected chi connectivity index (χ1v) is 8.98. The second-order valence-electron chi connectivity index (χ2n) is 5.61. The number of thiophene rings is 1. The Morgan fingerprint density at radius 1 is 1.15 bits per heavy atom. The van der Waals surface area contributed by atoms with Crippen LogP contribution in [0, 0.1) is 15.9 Å². The predicted molar refractivity (Wildman–Crippen MR) is 104 cm³/mol. The monoisotopic (exact) mass is 400 g/mol. The van der Waals surface area contributed by atoms with Gasteiger partial charge in [-0.3, -0.25) is 10.1 Å². The quantitative estimate of drug-likeness (QED) is 0.345. The van der Waals surface area contributed by atoms with Crippen molar-refractivity contribution in [2.24, 2.45) is 0 Å². The fraction of sp³-hybridized carbons (Fsp3) is 0. The largest absolute Gasteiger partial charge is 0.339 e. The molecule has 0 aliphatic rings. The van der Waals surface area contributed by atoms with Crippen LogP contribution in [0.1, 0.15) is 0 Å². The maximum absolute atomic E-state index is 13.2. The predicted octanol–water partition coefficient (Wildman–Crippen LogP) is 5.80. The van der Waals surface area contributed by atoms with E-state index in [1.54, 1.807) is 18.2 Å². The number of hydrogen-bond acceptors (Lipinski definition) is 6. The van der Waals surface area contributed by atoms with Gasteiger partial charge in [0.1, 0.15) is 27.8 Å². The molecule has 1 N–H and O–H groups in total. The molecule has 9 heteroatoms. The van der Waals surface area contributed by atoms with Crippen LogP contribution in [0.5, 0.6) is 0 Å². The van der Waals surface area contributed by atoms with Crippen molar-refractivity contribution in [1.29, 1.82) is 0 Å². The lowest BCUT2D eigenvalue weighted by molar-refractivity contribution is -0.384. The Morgan fingerprint density at radius 2 is 1.93 bits per heavy atom. The molecule has 0 spiro atoms. The van der Waals surface area contributed by atoms with E-state index in [0.29, 0.717) is 11.5 Å². The molecule has 2 aromatic carbocycles. The number of benzene rings is 2. The Kier molecular flexibility index (Phi) is 4.43. The van der Waals surface area contributed by atoms with E-state index in [1.807, 2.05) is 5.38 Å². The van der Waals surface area contributed by atoms with Crippen molar-refractivity contribution in [3.8, 4) is 11.1 Å². The van der Waals surface area contributed by atoms with Crippen LogP contribution in [0.25, 0.3) is 21.3 Å². The number of nitro groups is 1. The highest BCUT2D eigenvalue weighted by Crippen LogP contribution is 2.38. The minimum Gasteiger partial charge on any atom is -0.339 e. The van der Waals surface area contributed by atoms with E-state index < -0.39 is 4.92 Å². The maximum Gasteiger partial charge on any atom is 0.289 e. The number of aromatic nitrogens is 2. The number of hydrogen-bond donors (Lipinski definition) is 1. The summed E-state index contributed by atoms with van der Waals surface area (Å²) in [6.45, 7) is 0. The normalized spacial score (nSPS) is 10.9. The van der Waals surface area contributed by atoms with Crippen molar-refractivity contribution in [3.63, 3.8) is 0 Å². The highest BCUT2D eigenvalue weighted by atomic mass is 35.5. The van der Waals surface area contributed by atoms with Crippen LogP contribution in [0.3, 0.4) is 0 Å². The summed E-state index contributed by atoms with van der Waals surface area (Å²) in [5.41, 5.74) is 1.95. The Balaban J connectivity index is 1.81. The van der Waals surface area contributed by atoms with Gasteiger partial charge >= 0.3 is 0 Å². The van der Waals surface area contributed by atoms with Gasteiger partial charge in [-0.15, -0.1) is 11.3 Å². The summed E-state index contributed by atoms with van der Waals surface area (Å²) in [6, 6.07) is 10.6. The topological polar surface area (TPSA) is 81.0 Å². The summed E-state index contributed by atoms with van der Waals surface area (Å²) in [5, 5.41) is 16.9.